The number of fused-ring (bicyclic) bond motifs is 4. The van der Waals surface area contributed by atoms with E-state index in [4.69, 9.17) is 0 Å². The van der Waals surface area contributed by atoms with E-state index in [2.05, 4.69) is 44.1 Å². The Morgan fingerprint density at radius 1 is 1.12 bits per heavy atom. The molecule has 2 aromatic heterocycles. The van der Waals surface area contributed by atoms with Gasteiger partial charge in [0.1, 0.15) is 5.69 Å². The molecule has 3 heterocycles. The van der Waals surface area contributed by atoms with Crippen molar-refractivity contribution >= 4 is 22.5 Å². The van der Waals surface area contributed by atoms with Gasteiger partial charge in [0.05, 0.1) is 17.4 Å². The van der Waals surface area contributed by atoms with E-state index in [1.807, 2.05) is 18.3 Å². The Labute approximate surface area is 199 Å². The molecule has 2 aliphatic carbocycles. The first-order valence-electron chi connectivity index (χ1n) is 12.4. The molecule has 34 heavy (non-hydrogen) atoms. The van der Waals surface area contributed by atoms with Crippen molar-refractivity contribution in [3.63, 3.8) is 0 Å². The zero-order valence-corrected chi connectivity index (χ0v) is 19.9. The minimum atomic E-state index is -0.157. The number of aromatic amines is 1. The average molecular weight is 458 g/mol. The predicted molar refractivity (Wildman–Crippen MR) is 134 cm³/mol. The number of amides is 1. The second-order valence-corrected chi connectivity index (χ2v) is 9.89. The Kier molecular flexibility index (Phi) is 5.17. The third kappa shape index (κ3) is 3.33. The topological polar surface area (TPSA) is 81.3 Å². The van der Waals surface area contributed by atoms with Crippen molar-refractivity contribution in [1.82, 2.24) is 20.2 Å². The zero-order valence-electron chi connectivity index (χ0n) is 19.9. The molecule has 0 radical (unpaired) electrons. The molecule has 176 valence electrons. The van der Waals surface area contributed by atoms with Crippen LogP contribution >= 0.6 is 0 Å². The fraction of sp³-hybridized carbons (Fsp3) is 0.444. The van der Waals surface area contributed by atoms with Gasteiger partial charge in [-0.3, -0.25) is 14.5 Å². The molecule has 3 aromatic rings. The van der Waals surface area contributed by atoms with Crippen molar-refractivity contribution in [3.8, 4) is 0 Å². The lowest BCUT2D eigenvalue weighted by atomic mass is 9.81. The highest BCUT2D eigenvalue weighted by atomic mass is 16.1. The lowest BCUT2D eigenvalue weighted by molar-refractivity contribution is 0.0658. The van der Waals surface area contributed by atoms with Crippen LogP contribution < -0.4 is 15.8 Å². The standard InChI is InChI=1S/C27H31N5O2/c1-16-17(6-8-20-19-4-3-5-21(19)26(33)30-25(16)20)15-31-12-13-32(24-11-10-23(24)31)18-7-9-22(29-14-18)27(34)28-2/h6-9,14,23-24H,3-5,10-13,15H2,1-2H3,(H,28,34)(H,30,33)/t23-,24+/m1/s1. The van der Waals surface area contributed by atoms with Gasteiger partial charge in [-0.05, 0) is 67.9 Å². The fourth-order valence-electron chi connectivity index (χ4n) is 6.20. The summed E-state index contributed by atoms with van der Waals surface area (Å²) in [5.74, 6) is -0.157. The molecule has 2 fully saturated rings. The quantitative estimate of drug-likeness (QED) is 0.630. The van der Waals surface area contributed by atoms with Gasteiger partial charge < -0.3 is 15.2 Å². The van der Waals surface area contributed by atoms with Gasteiger partial charge in [0.2, 0.25) is 0 Å². The van der Waals surface area contributed by atoms with Crippen LogP contribution in [0, 0.1) is 6.92 Å². The monoisotopic (exact) mass is 457 g/mol. The van der Waals surface area contributed by atoms with E-state index in [0.29, 0.717) is 17.8 Å². The largest absolute Gasteiger partial charge is 0.364 e. The average Bonchev–Trinajstić information content (AvgIpc) is 3.33. The fourth-order valence-corrected chi connectivity index (χ4v) is 6.20. The first-order chi connectivity index (χ1) is 16.5. The number of hydrogen-bond acceptors (Lipinski definition) is 5. The summed E-state index contributed by atoms with van der Waals surface area (Å²) in [6.07, 6.45) is 7.20. The van der Waals surface area contributed by atoms with E-state index in [1.165, 1.54) is 34.9 Å². The van der Waals surface area contributed by atoms with Crippen LogP contribution in [0.4, 0.5) is 5.69 Å². The number of carbonyl (C=O) groups excluding carboxylic acids is 1. The van der Waals surface area contributed by atoms with Gasteiger partial charge in [-0.15, -0.1) is 0 Å². The lowest BCUT2D eigenvalue weighted by Crippen LogP contribution is -2.64. The third-order valence-corrected chi connectivity index (χ3v) is 8.25. The highest BCUT2D eigenvalue weighted by Gasteiger charge is 2.43. The van der Waals surface area contributed by atoms with Crippen molar-refractivity contribution in [2.45, 2.75) is 57.7 Å². The van der Waals surface area contributed by atoms with Gasteiger partial charge in [0.15, 0.2) is 0 Å². The molecule has 2 atom stereocenters. The number of H-pyrrole nitrogens is 1. The number of aryl methyl sites for hydroxylation is 2. The molecule has 1 saturated carbocycles. The molecule has 3 aliphatic rings. The van der Waals surface area contributed by atoms with E-state index < -0.39 is 0 Å². The Balaban J connectivity index is 1.22. The van der Waals surface area contributed by atoms with Crippen molar-refractivity contribution in [2.24, 2.45) is 0 Å². The molecule has 6 rings (SSSR count). The molecule has 1 aromatic carbocycles. The zero-order chi connectivity index (χ0) is 23.4. The summed E-state index contributed by atoms with van der Waals surface area (Å²) in [6.45, 7) is 4.99. The maximum Gasteiger partial charge on any atom is 0.269 e. The summed E-state index contributed by atoms with van der Waals surface area (Å²) in [6, 6.07) is 9.32. The van der Waals surface area contributed by atoms with Gasteiger partial charge in [-0.1, -0.05) is 12.1 Å². The van der Waals surface area contributed by atoms with Crippen LogP contribution in [0.15, 0.2) is 35.3 Å². The van der Waals surface area contributed by atoms with Crippen molar-refractivity contribution < 1.29 is 4.79 Å². The van der Waals surface area contributed by atoms with E-state index in [0.717, 1.165) is 55.7 Å². The number of piperazine rings is 1. The molecule has 1 amide bonds. The number of hydrogen-bond donors (Lipinski definition) is 2. The maximum atomic E-state index is 12.6. The summed E-state index contributed by atoms with van der Waals surface area (Å²) in [5, 5.41) is 3.85. The molecular weight excluding hydrogens is 426 g/mol. The first-order valence-corrected chi connectivity index (χ1v) is 12.4. The van der Waals surface area contributed by atoms with E-state index in [1.54, 1.807) is 7.05 Å². The molecule has 0 spiro atoms. The molecule has 7 heteroatoms. The number of nitrogens with one attached hydrogen (secondary N) is 2. The molecule has 2 N–H and O–H groups in total. The second-order valence-electron chi connectivity index (χ2n) is 9.89. The van der Waals surface area contributed by atoms with E-state index >= 15 is 0 Å². The Bertz CT molecular complexity index is 1330. The number of anilines is 1. The van der Waals surface area contributed by atoms with Gasteiger partial charge in [-0.25, -0.2) is 4.98 Å². The summed E-state index contributed by atoms with van der Waals surface area (Å²) in [4.78, 5) is 37.1. The summed E-state index contributed by atoms with van der Waals surface area (Å²) in [7, 11) is 1.62. The van der Waals surface area contributed by atoms with Crippen LogP contribution in [0.2, 0.25) is 0 Å². The third-order valence-electron chi connectivity index (χ3n) is 8.25. The van der Waals surface area contributed by atoms with Crippen LogP contribution in [0.25, 0.3) is 10.9 Å². The normalized spacial score (nSPS) is 21.8. The number of aromatic nitrogens is 2. The minimum absolute atomic E-state index is 0.101. The smallest absolute Gasteiger partial charge is 0.269 e. The van der Waals surface area contributed by atoms with Crippen LogP contribution in [0.3, 0.4) is 0 Å². The van der Waals surface area contributed by atoms with Crippen LogP contribution in [-0.2, 0) is 19.4 Å². The van der Waals surface area contributed by atoms with Crippen molar-refractivity contribution in [1.29, 1.82) is 0 Å². The maximum absolute atomic E-state index is 12.6. The van der Waals surface area contributed by atoms with E-state index in [9.17, 15) is 9.59 Å². The molecule has 0 bridgehead atoms. The van der Waals surface area contributed by atoms with Crippen LogP contribution in [0.1, 0.15) is 52.0 Å². The molecular formula is C27H31N5O2. The number of rotatable bonds is 4. The van der Waals surface area contributed by atoms with Gasteiger partial charge in [0.25, 0.3) is 11.5 Å². The molecule has 1 saturated heterocycles. The van der Waals surface area contributed by atoms with Crippen molar-refractivity contribution in [2.75, 3.05) is 25.0 Å². The van der Waals surface area contributed by atoms with Gasteiger partial charge in [-0.2, -0.15) is 0 Å². The predicted octanol–water partition coefficient (Wildman–Crippen LogP) is 2.93. The Morgan fingerprint density at radius 3 is 2.68 bits per heavy atom. The molecule has 0 unspecified atom stereocenters. The van der Waals surface area contributed by atoms with Crippen molar-refractivity contribution in [3.05, 3.63) is 68.8 Å². The number of pyridine rings is 2. The number of benzene rings is 1. The highest BCUT2D eigenvalue weighted by Crippen LogP contribution is 2.38. The minimum Gasteiger partial charge on any atom is -0.364 e. The molecule has 1 aliphatic heterocycles. The highest BCUT2D eigenvalue weighted by molar-refractivity contribution is 5.92. The lowest BCUT2D eigenvalue weighted by Gasteiger charge is -2.55. The Hall–Kier alpha value is -3.19. The van der Waals surface area contributed by atoms with Gasteiger partial charge >= 0.3 is 0 Å². The first kappa shape index (κ1) is 21.4. The van der Waals surface area contributed by atoms with E-state index in [-0.39, 0.29) is 11.5 Å². The van der Waals surface area contributed by atoms with Gasteiger partial charge in [0, 0.05) is 49.7 Å². The summed E-state index contributed by atoms with van der Waals surface area (Å²) < 4.78 is 0. The Morgan fingerprint density at radius 2 is 1.94 bits per heavy atom. The molecule has 7 nitrogen and oxygen atoms in total. The number of carbonyl (C=O) groups is 1. The van der Waals surface area contributed by atoms with Crippen LogP contribution in [0.5, 0.6) is 0 Å². The summed E-state index contributed by atoms with van der Waals surface area (Å²) in [5.41, 5.74) is 7.43. The SMILES string of the molecule is CNC(=O)c1ccc(N2CCN(Cc3ccc4c5c(c(=O)[nH]c4c3C)CCC5)[C@@H]3CC[C@@H]32)cn1. The second kappa shape index (κ2) is 8.24. The number of nitrogens with zero attached hydrogens (tertiary/aromatic N) is 3. The summed E-state index contributed by atoms with van der Waals surface area (Å²) >= 11 is 0. The van der Waals surface area contributed by atoms with Crippen LogP contribution in [-0.4, -0.2) is 53.0 Å².